The molecule has 7 rings (SSSR count). The Labute approximate surface area is 388 Å². The van der Waals surface area contributed by atoms with Crippen LogP contribution >= 0.6 is 23.4 Å². The number of thioether (sulfide) groups is 1. The molecule has 11 nitrogen and oxygen atoms in total. The van der Waals surface area contributed by atoms with Crippen molar-refractivity contribution in [1.29, 1.82) is 0 Å². The predicted molar refractivity (Wildman–Crippen MR) is 260 cm³/mol. The van der Waals surface area contributed by atoms with E-state index in [1.807, 2.05) is 93.6 Å². The summed E-state index contributed by atoms with van der Waals surface area (Å²) >= 11 is 7.67. The maximum absolute atomic E-state index is 14.1. The smallest absolute Gasteiger partial charge is 0.397 e. The topological polar surface area (TPSA) is 133 Å². The number of sulfonamides is 1. The number of alkyl halides is 3. The van der Waals surface area contributed by atoms with E-state index in [1.165, 1.54) is 11.8 Å². The molecule has 18 heteroatoms. The zero-order valence-corrected chi connectivity index (χ0v) is 39.5. The number of halogens is 4. The van der Waals surface area contributed by atoms with Gasteiger partial charge in [0.2, 0.25) is 0 Å². The molecule has 1 aliphatic heterocycles. The Balaban J connectivity index is 1.04. The second-order valence-corrected chi connectivity index (χ2v) is 21.3. The van der Waals surface area contributed by atoms with Gasteiger partial charge < -0.3 is 30.3 Å². The highest BCUT2D eigenvalue weighted by atomic mass is 35.5. The summed E-state index contributed by atoms with van der Waals surface area (Å²) in [6, 6.07) is 34.4. The Morgan fingerprint density at radius 3 is 2.08 bits per heavy atom. The fourth-order valence-corrected chi connectivity index (χ4v) is 11.0. The molecule has 1 aliphatic rings. The number of nitrogens with two attached hydrogens (primary N) is 1. The van der Waals surface area contributed by atoms with Gasteiger partial charge in [0, 0.05) is 83.3 Å². The van der Waals surface area contributed by atoms with E-state index in [1.54, 1.807) is 24.3 Å². The van der Waals surface area contributed by atoms with Crippen molar-refractivity contribution < 1.29 is 30.0 Å². The number of hydrogen-bond donors (Lipinski definition) is 3. The van der Waals surface area contributed by atoms with Crippen LogP contribution in [0.4, 0.5) is 41.6 Å². The summed E-state index contributed by atoms with van der Waals surface area (Å²) < 4.78 is 100. The van der Waals surface area contributed by atoms with Crippen LogP contribution in [0.3, 0.4) is 0 Å². The van der Waals surface area contributed by atoms with Crippen LogP contribution in [0, 0.1) is 6.92 Å². The van der Waals surface area contributed by atoms with Gasteiger partial charge in [0.15, 0.2) is 0 Å². The van der Waals surface area contributed by atoms with Gasteiger partial charge in [-0.1, -0.05) is 54.1 Å². The van der Waals surface area contributed by atoms with Crippen molar-refractivity contribution in [2.45, 2.75) is 39.6 Å². The van der Waals surface area contributed by atoms with Crippen LogP contribution in [0.2, 0.25) is 5.02 Å². The fraction of sp³-hybridized carbons (Fsp3) is 0.277. The zero-order chi connectivity index (χ0) is 46.7. The van der Waals surface area contributed by atoms with Crippen LogP contribution in [0.5, 0.6) is 0 Å². The lowest BCUT2D eigenvalue weighted by Crippen LogP contribution is -2.46. The normalized spacial score (nSPS) is 14.2. The van der Waals surface area contributed by atoms with E-state index in [4.69, 9.17) is 17.3 Å². The number of aromatic nitrogens is 1. The van der Waals surface area contributed by atoms with E-state index >= 15 is 0 Å². The minimum atomic E-state index is -5.97. The molecule has 1 atom stereocenters. The van der Waals surface area contributed by atoms with E-state index in [2.05, 4.69) is 42.6 Å². The summed E-state index contributed by atoms with van der Waals surface area (Å²) in [4.78, 5) is 5.52. The van der Waals surface area contributed by atoms with Crippen LogP contribution in [-0.2, 0) is 26.9 Å². The van der Waals surface area contributed by atoms with Gasteiger partial charge in [-0.2, -0.15) is 13.2 Å². The third kappa shape index (κ3) is 10.9. The average molecular weight is 967 g/mol. The predicted octanol–water partition coefficient (Wildman–Crippen LogP) is 9.85. The molecule has 1 fully saturated rings. The van der Waals surface area contributed by atoms with Gasteiger partial charge in [-0.25, -0.2) is 16.8 Å². The molecule has 0 radical (unpaired) electrons. The van der Waals surface area contributed by atoms with Crippen molar-refractivity contribution in [3.05, 3.63) is 132 Å². The summed E-state index contributed by atoms with van der Waals surface area (Å²) in [6.45, 7) is 5.34. The molecule has 0 unspecified atom stereocenters. The maximum atomic E-state index is 14.1. The van der Waals surface area contributed by atoms with Gasteiger partial charge >= 0.3 is 5.51 Å². The molecule has 1 saturated heterocycles. The molecule has 1 aromatic heterocycles. The Kier molecular flexibility index (Phi) is 14.4. The first kappa shape index (κ1) is 47.6. The molecular formula is C47H51ClF3N7O4S3. The lowest BCUT2D eigenvalue weighted by molar-refractivity contribution is -0.0435. The average Bonchev–Trinajstić information content (AvgIpc) is 3.51. The van der Waals surface area contributed by atoms with Crippen molar-refractivity contribution in [3.63, 3.8) is 0 Å². The first-order valence-electron chi connectivity index (χ1n) is 20.8. The highest BCUT2D eigenvalue weighted by Gasteiger charge is 2.48. The molecule has 0 bridgehead atoms. The molecule has 65 heavy (non-hydrogen) atoms. The molecule has 6 aromatic rings. The van der Waals surface area contributed by atoms with Crippen molar-refractivity contribution in [1.82, 2.24) is 9.47 Å². The minimum absolute atomic E-state index is 0.154. The summed E-state index contributed by atoms with van der Waals surface area (Å²) in [7, 11) is -4.79. The third-order valence-electron chi connectivity index (χ3n) is 11.5. The van der Waals surface area contributed by atoms with Gasteiger partial charge in [-0.15, -0.1) is 11.8 Å². The molecule has 0 amide bonds. The number of piperazine rings is 1. The summed E-state index contributed by atoms with van der Waals surface area (Å²) in [5.74, 6) is 0.405. The van der Waals surface area contributed by atoms with Gasteiger partial charge in [-0.05, 0) is 124 Å². The summed E-state index contributed by atoms with van der Waals surface area (Å²) in [5.41, 5.74) is 8.39. The van der Waals surface area contributed by atoms with Crippen LogP contribution in [0.1, 0.15) is 12.1 Å². The standard InChI is InChI=1S/C47H51ClF3N7O4S3/c1-32-45(52)44(46(56(32)4)33-13-15-35(48)16-14-33)34-9-8-10-39(29-34)58-27-25-57(26-28-58)38-19-17-36(18-20-38)54-65(61,62)41-21-22-42(43(30-41)64(59,60)47(49,50)51)53-37(23-24-55(2)3)31-63-40-11-6-5-7-12-40/h5-22,29-30,37,53-54H,23-28,31,52H2,1-4H3/t37-/m1/s1. The molecule has 0 saturated carbocycles. The number of nitrogens with one attached hydrogen (secondary N) is 2. The third-order valence-corrected chi connectivity index (χ3v) is 15.8. The van der Waals surface area contributed by atoms with Crippen LogP contribution in [0.15, 0.2) is 136 Å². The number of hydrogen-bond acceptors (Lipinski definition) is 10. The second-order valence-electron chi connectivity index (χ2n) is 16.1. The monoisotopic (exact) mass is 965 g/mol. The van der Waals surface area contributed by atoms with Crippen LogP contribution in [0.25, 0.3) is 22.4 Å². The van der Waals surface area contributed by atoms with Gasteiger partial charge in [0.1, 0.15) is 4.90 Å². The van der Waals surface area contributed by atoms with Gasteiger partial charge in [-0.3, -0.25) is 4.72 Å². The highest BCUT2D eigenvalue weighted by Crippen LogP contribution is 2.42. The maximum Gasteiger partial charge on any atom is 0.501 e. The Hall–Kier alpha value is -5.33. The van der Waals surface area contributed by atoms with Crippen molar-refractivity contribution in [2.75, 3.05) is 78.1 Å². The molecule has 0 spiro atoms. The Bertz CT molecular complexity index is 2840. The lowest BCUT2D eigenvalue weighted by Gasteiger charge is -2.37. The summed E-state index contributed by atoms with van der Waals surface area (Å²) in [6.07, 6.45) is 0.469. The van der Waals surface area contributed by atoms with Crippen LogP contribution in [-0.4, -0.2) is 90.4 Å². The minimum Gasteiger partial charge on any atom is -0.397 e. The highest BCUT2D eigenvalue weighted by molar-refractivity contribution is 7.99. The fourth-order valence-electron chi connectivity index (χ4n) is 7.78. The van der Waals surface area contributed by atoms with E-state index in [0.29, 0.717) is 61.7 Å². The quantitative estimate of drug-likeness (QED) is 0.0806. The van der Waals surface area contributed by atoms with Crippen molar-refractivity contribution in [2.24, 2.45) is 7.05 Å². The zero-order valence-electron chi connectivity index (χ0n) is 36.3. The van der Waals surface area contributed by atoms with Gasteiger partial charge in [0.25, 0.3) is 19.9 Å². The van der Waals surface area contributed by atoms with E-state index in [0.717, 1.165) is 56.5 Å². The molecular weight excluding hydrogens is 915 g/mol. The number of rotatable bonds is 16. The molecule has 4 N–H and O–H groups in total. The molecule has 344 valence electrons. The SMILES string of the molecule is Cc1c(N)c(-c2cccc(N3CCN(c4ccc(NS(=O)(=O)c5ccc(N[C@H](CCN(C)C)CSc6ccccc6)c(S(=O)(=O)C(F)(F)F)c5)cc4)CC3)c2)c(-c2ccc(Cl)cc2)n1C. The van der Waals surface area contributed by atoms with Crippen molar-refractivity contribution in [3.8, 4) is 22.4 Å². The Morgan fingerprint density at radius 2 is 1.45 bits per heavy atom. The number of nitrogens with zero attached hydrogens (tertiary/aromatic N) is 4. The van der Waals surface area contributed by atoms with E-state index in [-0.39, 0.29) is 11.4 Å². The van der Waals surface area contributed by atoms with E-state index in [9.17, 15) is 30.0 Å². The van der Waals surface area contributed by atoms with Crippen LogP contribution < -0.4 is 25.6 Å². The summed E-state index contributed by atoms with van der Waals surface area (Å²) in [5, 5.41) is 3.65. The number of nitrogen functional groups attached to an aromatic ring is 1. The lowest BCUT2D eigenvalue weighted by atomic mass is 9.99. The second kappa shape index (κ2) is 19.6. The molecule has 5 aromatic carbocycles. The number of benzene rings is 5. The molecule has 0 aliphatic carbocycles. The van der Waals surface area contributed by atoms with Crippen molar-refractivity contribution >= 4 is 71.7 Å². The number of sulfone groups is 1. The largest absolute Gasteiger partial charge is 0.501 e. The molecule has 2 heterocycles. The Morgan fingerprint density at radius 1 is 0.800 bits per heavy atom. The first-order valence-corrected chi connectivity index (χ1v) is 25.1. The first-order chi connectivity index (χ1) is 30.8. The van der Waals surface area contributed by atoms with E-state index < -0.39 is 41.2 Å². The van der Waals surface area contributed by atoms with Gasteiger partial charge in [0.05, 0.1) is 22.0 Å². The number of anilines is 5.